The maximum absolute atomic E-state index is 11.3. The first-order valence-corrected chi connectivity index (χ1v) is 7.27. The number of nitrogens with one attached hydrogen (secondary N) is 1. The molecule has 2 heterocycles. The summed E-state index contributed by atoms with van der Waals surface area (Å²) in [6.45, 7) is 4.95. The number of ether oxygens (including phenoxy) is 1. The van der Waals surface area contributed by atoms with Gasteiger partial charge in [-0.15, -0.1) is 0 Å². The lowest BCUT2D eigenvalue weighted by molar-refractivity contribution is -0.384. The highest BCUT2D eigenvalue weighted by Crippen LogP contribution is 2.29. The Kier molecular flexibility index (Phi) is 5.13. The second-order valence-corrected chi connectivity index (χ2v) is 5.41. The van der Waals surface area contributed by atoms with Crippen molar-refractivity contribution in [2.75, 3.05) is 38.6 Å². The van der Waals surface area contributed by atoms with Crippen LogP contribution in [0.25, 0.3) is 0 Å². The van der Waals surface area contributed by atoms with Crippen molar-refractivity contribution in [1.29, 1.82) is 0 Å². The monoisotopic (exact) mass is 297 g/mol. The molecule has 1 saturated heterocycles. The largest absolute Gasteiger partial charge is 0.374 e. The van der Waals surface area contributed by atoms with Gasteiger partial charge < -0.3 is 15.0 Å². The van der Waals surface area contributed by atoms with Gasteiger partial charge in [0.15, 0.2) is 0 Å². The average molecular weight is 297 g/mol. The van der Waals surface area contributed by atoms with Gasteiger partial charge in [0.05, 0.1) is 17.6 Å². The third kappa shape index (κ3) is 3.70. The number of morpholine rings is 1. The quantitative estimate of drug-likeness (QED) is 0.623. The van der Waals surface area contributed by atoms with E-state index in [1.807, 2.05) is 14.0 Å². The fourth-order valence-electron chi connectivity index (χ4n) is 2.56. The van der Waals surface area contributed by atoms with Gasteiger partial charge in [0.2, 0.25) is 5.82 Å². The normalized spacial score (nSPS) is 19.7. The zero-order valence-electron chi connectivity index (χ0n) is 12.8. The zero-order chi connectivity index (χ0) is 15.4. The Hall–Kier alpha value is -1.67. The number of nitrogens with zero attached hydrogens (tertiary/aromatic N) is 4. The topological polar surface area (TPSA) is 85.5 Å². The van der Waals surface area contributed by atoms with E-state index in [9.17, 15) is 10.1 Å². The van der Waals surface area contributed by atoms with Gasteiger partial charge in [-0.3, -0.25) is 10.1 Å². The number of anilines is 1. The molecule has 1 N–H and O–H groups in total. The maximum atomic E-state index is 11.3. The molecule has 1 unspecified atom stereocenters. The average Bonchev–Trinajstić information content (AvgIpc) is 2.73. The minimum atomic E-state index is -0.353. The summed E-state index contributed by atoms with van der Waals surface area (Å²) in [5, 5.41) is 18.7. The van der Waals surface area contributed by atoms with Crippen LogP contribution in [-0.2, 0) is 18.2 Å². The summed E-state index contributed by atoms with van der Waals surface area (Å²) in [7, 11) is 3.77. The highest BCUT2D eigenvalue weighted by atomic mass is 16.6. The number of aromatic nitrogens is 2. The summed E-state index contributed by atoms with van der Waals surface area (Å²) in [6.07, 6.45) is 1.47. The highest BCUT2D eigenvalue weighted by Gasteiger charge is 2.27. The number of hydrogen-bond acceptors (Lipinski definition) is 6. The van der Waals surface area contributed by atoms with E-state index in [4.69, 9.17) is 4.74 Å². The summed E-state index contributed by atoms with van der Waals surface area (Å²) in [5.74, 6) is 0.459. The Bertz CT molecular complexity index is 502. The Balaban J connectivity index is 2.09. The Morgan fingerprint density at radius 3 is 2.90 bits per heavy atom. The van der Waals surface area contributed by atoms with E-state index in [-0.39, 0.29) is 16.7 Å². The molecule has 8 nitrogen and oxygen atoms in total. The molecule has 2 rings (SSSR count). The molecule has 0 amide bonds. The fourth-order valence-corrected chi connectivity index (χ4v) is 2.56. The third-order valence-corrected chi connectivity index (χ3v) is 3.60. The van der Waals surface area contributed by atoms with Crippen LogP contribution in [0.2, 0.25) is 0 Å². The molecule has 118 valence electrons. The van der Waals surface area contributed by atoms with E-state index >= 15 is 0 Å². The molecule has 0 bridgehead atoms. The molecular formula is C13H23N5O3. The summed E-state index contributed by atoms with van der Waals surface area (Å²) in [6, 6.07) is 0. The molecule has 21 heavy (non-hydrogen) atoms. The van der Waals surface area contributed by atoms with Crippen molar-refractivity contribution in [3.63, 3.8) is 0 Å². The molecule has 0 saturated carbocycles. The zero-order valence-corrected chi connectivity index (χ0v) is 12.8. The van der Waals surface area contributed by atoms with Crippen LogP contribution in [0.15, 0.2) is 0 Å². The van der Waals surface area contributed by atoms with E-state index < -0.39 is 0 Å². The summed E-state index contributed by atoms with van der Waals surface area (Å²) < 4.78 is 7.21. The minimum absolute atomic E-state index is 0.0351. The molecule has 1 aromatic heterocycles. The van der Waals surface area contributed by atoms with Crippen LogP contribution in [0.3, 0.4) is 0 Å². The molecule has 0 aromatic carbocycles. The predicted octanol–water partition coefficient (Wildman–Crippen LogP) is 1.02. The summed E-state index contributed by atoms with van der Waals surface area (Å²) >= 11 is 0. The van der Waals surface area contributed by atoms with Crippen LogP contribution < -0.4 is 5.32 Å². The number of rotatable bonds is 6. The molecule has 1 aromatic rings. The standard InChI is InChI=1S/C13H23N5O3/c1-4-5-11-12(18(19)20)13(17(3)15-11)14-8-10-9-16(2)6-7-21-10/h10,14H,4-9H2,1-3H3. The van der Waals surface area contributed by atoms with Gasteiger partial charge in [0.1, 0.15) is 5.69 Å². The predicted molar refractivity (Wildman–Crippen MR) is 79.6 cm³/mol. The van der Waals surface area contributed by atoms with Crippen molar-refractivity contribution in [1.82, 2.24) is 14.7 Å². The van der Waals surface area contributed by atoms with Crippen LogP contribution in [0.5, 0.6) is 0 Å². The van der Waals surface area contributed by atoms with Gasteiger partial charge in [0.25, 0.3) is 0 Å². The lowest BCUT2D eigenvalue weighted by Gasteiger charge is -2.30. The first kappa shape index (κ1) is 15.7. The Labute approximate surface area is 124 Å². The van der Waals surface area contributed by atoms with Crippen LogP contribution in [0.4, 0.5) is 11.5 Å². The Morgan fingerprint density at radius 2 is 2.29 bits per heavy atom. The van der Waals surface area contributed by atoms with Gasteiger partial charge in [-0.25, -0.2) is 4.68 Å². The van der Waals surface area contributed by atoms with E-state index in [0.29, 0.717) is 31.1 Å². The molecule has 1 aliphatic rings. The first-order valence-electron chi connectivity index (χ1n) is 7.27. The Morgan fingerprint density at radius 1 is 1.52 bits per heavy atom. The lowest BCUT2D eigenvalue weighted by Crippen LogP contribution is -2.43. The van der Waals surface area contributed by atoms with Crippen LogP contribution in [-0.4, -0.2) is 59.0 Å². The van der Waals surface area contributed by atoms with Gasteiger partial charge in [-0.1, -0.05) is 13.3 Å². The van der Waals surface area contributed by atoms with Gasteiger partial charge >= 0.3 is 5.69 Å². The van der Waals surface area contributed by atoms with E-state index in [0.717, 1.165) is 19.5 Å². The number of aryl methyl sites for hydroxylation is 2. The molecule has 1 fully saturated rings. The van der Waals surface area contributed by atoms with Crippen LogP contribution in [0, 0.1) is 10.1 Å². The summed E-state index contributed by atoms with van der Waals surface area (Å²) in [5.41, 5.74) is 0.623. The van der Waals surface area contributed by atoms with Crippen molar-refractivity contribution in [2.45, 2.75) is 25.9 Å². The molecule has 8 heteroatoms. The van der Waals surface area contributed by atoms with Crippen molar-refractivity contribution < 1.29 is 9.66 Å². The van der Waals surface area contributed by atoms with Crippen LogP contribution >= 0.6 is 0 Å². The second-order valence-electron chi connectivity index (χ2n) is 5.41. The maximum Gasteiger partial charge on any atom is 0.333 e. The van der Waals surface area contributed by atoms with Gasteiger partial charge in [0, 0.05) is 26.7 Å². The molecular weight excluding hydrogens is 274 g/mol. The lowest BCUT2D eigenvalue weighted by atomic mass is 10.2. The molecule has 1 aliphatic heterocycles. The highest BCUT2D eigenvalue weighted by molar-refractivity contribution is 5.59. The second kappa shape index (κ2) is 6.86. The smallest absolute Gasteiger partial charge is 0.333 e. The number of hydrogen-bond donors (Lipinski definition) is 1. The van der Waals surface area contributed by atoms with Crippen molar-refractivity contribution >= 4 is 11.5 Å². The van der Waals surface area contributed by atoms with E-state index in [1.54, 1.807) is 11.7 Å². The van der Waals surface area contributed by atoms with Crippen LogP contribution in [0.1, 0.15) is 19.0 Å². The van der Waals surface area contributed by atoms with E-state index in [2.05, 4.69) is 15.3 Å². The molecule has 0 radical (unpaired) electrons. The van der Waals surface area contributed by atoms with Gasteiger partial charge in [-0.2, -0.15) is 5.10 Å². The van der Waals surface area contributed by atoms with E-state index in [1.165, 1.54) is 0 Å². The first-order chi connectivity index (χ1) is 10.0. The minimum Gasteiger partial charge on any atom is -0.374 e. The van der Waals surface area contributed by atoms with Crippen molar-refractivity contribution in [2.24, 2.45) is 7.05 Å². The van der Waals surface area contributed by atoms with Crippen molar-refractivity contribution in [3.05, 3.63) is 15.8 Å². The molecule has 0 aliphatic carbocycles. The molecule has 0 spiro atoms. The third-order valence-electron chi connectivity index (χ3n) is 3.60. The van der Waals surface area contributed by atoms with Gasteiger partial charge in [-0.05, 0) is 13.5 Å². The molecule has 1 atom stereocenters. The number of likely N-dealkylation sites (N-methyl/N-ethyl adjacent to an activating group) is 1. The SMILES string of the molecule is CCCc1nn(C)c(NCC2CN(C)CCO2)c1[N+](=O)[O-]. The summed E-state index contributed by atoms with van der Waals surface area (Å²) in [4.78, 5) is 13.1. The fraction of sp³-hybridized carbons (Fsp3) is 0.769. The number of nitro groups is 1. The van der Waals surface area contributed by atoms with Crippen molar-refractivity contribution in [3.8, 4) is 0 Å².